The second-order valence-corrected chi connectivity index (χ2v) is 14.3. The molecule has 40 heavy (non-hydrogen) atoms. The highest BCUT2D eigenvalue weighted by molar-refractivity contribution is 7.87. The number of ketones is 3. The largest absolute Gasteiger partial charge is 0.494 e. The van der Waals surface area contributed by atoms with Crippen molar-refractivity contribution in [3.63, 3.8) is 0 Å². The standard InChI is InChI=1S/C28H36F2O9S/c1-14-4-5-21(38-8-9-39-25(34)28(29,30)40(35,36)37)17-12-19-23-18(13-22(33)27(19,3)24(14)17)26(2)7-6-16(31)10-15(26)11-20(23)32/h14-15,18-19,23-24H,4-13H2,1-3H3,(H,35,36,37)/t14-,15+,18+,19+,23-,24+,26+,27-/m1/s1. The van der Waals surface area contributed by atoms with Gasteiger partial charge in [0.25, 0.3) is 0 Å². The lowest BCUT2D eigenvalue weighted by molar-refractivity contribution is -0.167. The summed E-state index contributed by atoms with van der Waals surface area (Å²) < 4.78 is 67.2. The Balaban J connectivity index is 1.38. The molecular weight excluding hydrogens is 550 g/mol. The zero-order valence-corrected chi connectivity index (χ0v) is 23.7. The van der Waals surface area contributed by atoms with Crippen LogP contribution in [0.25, 0.3) is 0 Å². The lowest BCUT2D eigenvalue weighted by atomic mass is 9.44. The van der Waals surface area contributed by atoms with Gasteiger partial charge >= 0.3 is 21.3 Å². The van der Waals surface area contributed by atoms with Crippen LogP contribution in [-0.2, 0) is 38.8 Å². The van der Waals surface area contributed by atoms with Gasteiger partial charge in [0.2, 0.25) is 0 Å². The van der Waals surface area contributed by atoms with Gasteiger partial charge < -0.3 is 9.47 Å². The molecule has 12 heteroatoms. The molecule has 4 fully saturated rings. The number of allylic oxidation sites excluding steroid dienone is 2. The summed E-state index contributed by atoms with van der Waals surface area (Å²) in [6.07, 6.45) is 3.97. The SMILES string of the molecule is C[C@@H]1CCC(OCCOC(=O)C(F)(F)S(=O)(=O)O)=C2C[C@H]3[C@@H]4C(=O)C[C@@H]5CC(=O)CC[C@]5(C)[C@H]4CC(=O)[C@]3(C)[C@H]21. The van der Waals surface area contributed by atoms with Crippen molar-refractivity contribution in [2.24, 2.45) is 46.3 Å². The molecule has 5 rings (SSSR count). The first-order valence-corrected chi connectivity index (χ1v) is 15.4. The Morgan fingerprint density at radius 3 is 2.42 bits per heavy atom. The fourth-order valence-corrected chi connectivity index (χ4v) is 9.19. The zero-order chi connectivity index (χ0) is 29.4. The minimum atomic E-state index is -5.96. The van der Waals surface area contributed by atoms with Gasteiger partial charge in [-0.3, -0.25) is 18.9 Å². The molecule has 0 aromatic heterocycles. The number of hydrogen-bond donors (Lipinski definition) is 1. The van der Waals surface area contributed by atoms with Gasteiger partial charge in [-0.15, -0.1) is 0 Å². The molecule has 5 aliphatic carbocycles. The Labute approximate surface area is 232 Å². The summed E-state index contributed by atoms with van der Waals surface area (Å²) >= 11 is 0. The summed E-state index contributed by atoms with van der Waals surface area (Å²) in [4.78, 5) is 51.4. The van der Waals surface area contributed by atoms with Crippen molar-refractivity contribution in [3.8, 4) is 0 Å². The maximum atomic E-state index is 14.0. The smallest absolute Gasteiger partial charge is 0.465 e. The van der Waals surface area contributed by atoms with Gasteiger partial charge in [-0.1, -0.05) is 20.8 Å². The molecule has 222 valence electrons. The number of hydrogen-bond acceptors (Lipinski definition) is 8. The van der Waals surface area contributed by atoms with Gasteiger partial charge in [0.1, 0.15) is 30.6 Å². The van der Waals surface area contributed by atoms with Gasteiger partial charge in [0, 0.05) is 43.4 Å². The summed E-state index contributed by atoms with van der Waals surface area (Å²) in [5, 5.41) is -5.08. The number of halogens is 2. The van der Waals surface area contributed by atoms with Crippen LogP contribution >= 0.6 is 0 Å². The summed E-state index contributed by atoms with van der Waals surface area (Å²) in [6.45, 7) is 5.22. The van der Waals surface area contributed by atoms with Gasteiger partial charge in [-0.05, 0) is 59.8 Å². The molecule has 0 radical (unpaired) electrons. The number of esters is 1. The Kier molecular flexibility index (Phi) is 7.08. The number of ether oxygens (including phenoxy) is 2. The van der Waals surface area contributed by atoms with Crippen LogP contribution in [0, 0.1) is 46.3 Å². The molecule has 0 amide bonds. The van der Waals surface area contributed by atoms with Crippen molar-refractivity contribution in [1.29, 1.82) is 0 Å². The number of carbonyl (C=O) groups excluding carboxylic acids is 4. The first kappa shape index (κ1) is 29.3. The molecule has 1 N–H and O–H groups in total. The molecule has 0 aliphatic heterocycles. The van der Waals surface area contributed by atoms with Crippen LogP contribution in [0.5, 0.6) is 0 Å². The Hall–Kier alpha value is -2.21. The van der Waals surface area contributed by atoms with Crippen LogP contribution in [-0.4, -0.2) is 54.8 Å². The van der Waals surface area contributed by atoms with E-state index in [0.717, 1.165) is 5.57 Å². The predicted octanol–water partition coefficient (Wildman–Crippen LogP) is 3.91. The zero-order valence-electron chi connectivity index (χ0n) is 22.9. The lowest BCUT2D eigenvalue weighted by Gasteiger charge is -2.58. The summed E-state index contributed by atoms with van der Waals surface area (Å²) in [5.74, 6) is -1.97. The van der Waals surface area contributed by atoms with Crippen LogP contribution in [0.3, 0.4) is 0 Å². The van der Waals surface area contributed by atoms with E-state index in [1.165, 1.54) is 0 Å². The molecule has 0 unspecified atom stereocenters. The van der Waals surface area contributed by atoms with Gasteiger partial charge in [-0.2, -0.15) is 17.2 Å². The van der Waals surface area contributed by atoms with Crippen LogP contribution in [0.4, 0.5) is 8.78 Å². The molecule has 0 aromatic carbocycles. The predicted molar refractivity (Wildman–Crippen MR) is 135 cm³/mol. The topological polar surface area (TPSA) is 141 Å². The van der Waals surface area contributed by atoms with Crippen LogP contribution in [0.15, 0.2) is 11.3 Å². The molecular formula is C28H36F2O9S. The minimum absolute atomic E-state index is 0.0312. The van der Waals surface area contributed by atoms with E-state index in [1.54, 1.807) is 0 Å². The van der Waals surface area contributed by atoms with Crippen molar-refractivity contribution < 1.29 is 50.4 Å². The molecule has 0 heterocycles. The van der Waals surface area contributed by atoms with Gasteiger partial charge in [0.15, 0.2) is 0 Å². The quantitative estimate of drug-likeness (QED) is 0.279. The maximum absolute atomic E-state index is 14.0. The van der Waals surface area contributed by atoms with Crippen molar-refractivity contribution in [1.82, 2.24) is 0 Å². The Morgan fingerprint density at radius 1 is 1.05 bits per heavy atom. The first-order chi connectivity index (χ1) is 18.5. The van der Waals surface area contributed by atoms with Gasteiger partial charge in [-0.25, -0.2) is 4.79 Å². The summed E-state index contributed by atoms with van der Waals surface area (Å²) in [7, 11) is -5.96. The van der Waals surface area contributed by atoms with E-state index < -0.39 is 33.4 Å². The van der Waals surface area contributed by atoms with E-state index in [4.69, 9.17) is 9.29 Å². The van der Waals surface area contributed by atoms with E-state index in [-0.39, 0.29) is 64.9 Å². The number of Topliss-reactive ketones (excluding diaryl/α,β-unsaturated/α-hetero) is 3. The number of alkyl halides is 2. The average Bonchev–Trinajstić information content (AvgIpc) is 3.19. The molecule has 0 saturated heterocycles. The van der Waals surface area contributed by atoms with E-state index in [0.29, 0.717) is 57.1 Å². The third-order valence-electron chi connectivity index (χ3n) is 11.0. The molecule has 8 atom stereocenters. The third kappa shape index (κ3) is 4.26. The average molecular weight is 587 g/mol. The molecule has 0 spiro atoms. The van der Waals surface area contributed by atoms with Crippen LogP contribution < -0.4 is 0 Å². The minimum Gasteiger partial charge on any atom is -0.494 e. The molecule has 4 saturated carbocycles. The molecule has 9 nitrogen and oxygen atoms in total. The van der Waals surface area contributed by atoms with Crippen molar-refractivity contribution in [2.75, 3.05) is 13.2 Å². The molecule has 0 bridgehead atoms. The van der Waals surface area contributed by atoms with E-state index in [2.05, 4.69) is 18.6 Å². The van der Waals surface area contributed by atoms with Gasteiger partial charge in [0.05, 0.1) is 5.76 Å². The highest BCUT2D eigenvalue weighted by Gasteiger charge is 2.68. The second kappa shape index (κ2) is 9.68. The molecule has 0 aromatic rings. The Morgan fingerprint density at radius 2 is 1.75 bits per heavy atom. The van der Waals surface area contributed by atoms with Crippen LogP contribution in [0.1, 0.15) is 72.1 Å². The van der Waals surface area contributed by atoms with Crippen molar-refractivity contribution in [2.45, 2.75) is 77.4 Å². The lowest BCUT2D eigenvalue weighted by Crippen LogP contribution is -2.60. The normalized spacial score (nSPS) is 39.7. The monoisotopic (exact) mass is 586 g/mol. The maximum Gasteiger partial charge on any atom is 0.465 e. The second-order valence-electron chi connectivity index (χ2n) is 12.9. The fraction of sp³-hybridized carbons (Fsp3) is 0.786. The van der Waals surface area contributed by atoms with E-state index in [1.807, 2.05) is 6.92 Å². The summed E-state index contributed by atoms with van der Waals surface area (Å²) in [6, 6.07) is 0. The first-order valence-electron chi connectivity index (χ1n) is 14.0. The van der Waals surface area contributed by atoms with E-state index in [9.17, 15) is 36.4 Å². The van der Waals surface area contributed by atoms with Crippen LogP contribution in [0.2, 0.25) is 0 Å². The van der Waals surface area contributed by atoms with E-state index >= 15 is 0 Å². The van der Waals surface area contributed by atoms with Crippen molar-refractivity contribution >= 4 is 33.4 Å². The number of fused-ring (bicyclic) bond motifs is 7. The highest BCUT2D eigenvalue weighted by atomic mass is 32.2. The fourth-order valence-electron chi connectivity index (χ4n) is 8.92. The molecule has 5 aliphatic rings. The highest BCUT2D eigenvalue weighted by Crippen LogP contribution is 2.68. The van der Waals surface area contributed by atoms with Crippen molar-refractivity contribution in [3.05, 3.63) is 11.3 Å². The number of rotatable bonds is 6. The Bertz CT molecular complexity index is 1290. The summed E-state index contributed by atoms with van der Waals surface area (Å²) in [5.41, 5.74) is -0.0585. The number of carbonyl (C=O) groups is 4. The third-order valence-corrected chi connectivity index (χ3v) is 11.8.